The molecule has 4 nitrogen and oxygen atoms in total. The third-order valence-electron chi connectivity index (χ3n) is 3.89. The molecule has 0 atom stereocenters. The zero-order valence-electron chi connectivity index (χ0n) is 13.6. The molecule has 2 aromatic carbocycles. The highest BCUT2D eigenvalue weighted by molar-refractivity contribution is 7.98. The normalized spacial score (nSPS) is 11.1. The van der Waals surface area contributed by atoms with Gasteiger partial charge in [0.25, 0.3) is 0 Å². The molecule has 124 valence electrons. The van der Waals surface area contributed by atoms with Gasteiger partial charge in [0.05, 0.1) is 0 Å². The van der Waals surface area contributed by atoms with Crippen LogP contribution in [-0.2, 0) is 5.75 Å². The second-order valence-corrected chi connectivity index (χ2v) is 7.04. The quantitative estimate of drug-likeness (QED) is 0.474. The maximum Gasteiger partial charge on any atom is 0.212 e. The van der Waals surface area contributed by atoms with Gasteiger partial charge in [0.1, 0.15) is 0 Å². The van der Waals surface area contributed by atoms with E-state index in [-0.39, 0.29) is 0 Å². The first-order valence-corrected chi connectivity index (χ1v) is 9.23. The van der Waals surface area contributed by atoms with Crippen molar-refractivity contribution in [2.75, 3.05) is 0 Å². The summed E-state index contributed by atoms with van der Waals surface area (Å²) in [6, 6.07) is 20.4. The van der Waals surface area contributed by atoms with E-state index in [1.165, 1.54) is 11.1 Å². The lowest BCUT2D eigenvalue weighted by Crippen LogP contribution is -1.96. The van der Waals surface area contributed by atoms with Gasteiger partial charge in [-0.3, -0.25) is 0 Å². The minimum atomic E-state index is 0.442. The first-order valence-electron chi connectivity index (χ1n) is 7.86. The van der Waals surface area contributed by atoms with E-state index < -0.39 is 0 Å². The zero-order chi connectivity index (χ0) is 17.2. The van der Waals surface area contributed by atoms with E-state index in [1.54, 1.807) is 16.3 Å². The maximum atomic E-state index is 6.43. The molecular formula is C19H15ClN4S. The van der Waals surface area contributed by atoms with Crippen LogP contribution < -0.4 is 0 Å². The molecule has 4 aromatic rings. The van der Waals surface area contributed by atoms with Crippen molar-refractivity contribution >= 4 is 29.0 Å². The fourth-order valence-corrected chi connectivity index (χ4v) is 3.62. The monoisotopic (exact) mass is 366 g/mol. The molecule has 0 aliphatic carbocycles. The molecule has 0 aliphatic rings. The van der Waals surface area contributed by atoms with Crippen LogP contribution in [0.2, 0.25) is 5.15 Å². The van der Waals surface area contributed by atoms with Gasteiger partial charge in [0.2, 0.25) is 5.16 Å². The van der Waals surface area contributed by atoms with Gasteiger partial charge in [-0.15, -0.1) is 10.2 Å². The summed E-state index contributed by atoms with van der Waals surface area (Å²) >= 11 is 8.02. The van der Waals surface area contributed by atoms with Crippen molar-refractivity contribution in [3.05, 3.63) is 76.9 Å². The number of halogens is 1. The van der Waals surface area contributed by atoms with Crippen LogP contribution in [0.5, 0.6) is 0 Å². The first-order chi connectivity index (χ1) is 12.2. The molecule has 0 spiro atoms. The number of nitrogens with zero attached hydrogens (tertiary/aromatic N) is 4. The molecule has 2 heterocycles. The zero-order valence-corrected chi connectivity index (χ0v) is 15.1. The largest absolute Gasteiger partial charge is 0.212 e. The van der Waals surface area contributed by atoms with Gasteiger partial charge in [0, 0.05) is 11.3 Å². The topological polar surface area (TPSA) is 43.1 Å². The fraction of sp³-hybridized carbons (Fsp3) is 0.105. The number of rotatable bonds is 4. The van der Waals surface area contributed by atoms with Crippen LogP contribution in [0.4, 0.5) is 0 Å². The van der Waals surface area contributed by atoms with E-state index in [1.807, 2.05) is 36.4 Å². The van der Waals surface area contributed by atoms with E-state index in [4.69, 9.17) is 11.6 Å². The number of hydrogen-bond acceptors (Lipinski definition) is 4. The lowest BCUT2D eigenvalue weighted by Gasteiger charge is -2.06. The van der Waals surface area contributed by atoms with Gasteiger partial charge in [0.15, 0.2) is 10.8 Å². The van der Waals surface area contributed by atoms with Crippen LogP contribution >= 0.6 is 23.4 Å². The Balaban J connectivity index is 1.65. The Labute approximate surface area is 154 Å². The average molecular weight is 367 g/mol. The van der Waals surface area contributed by atoms with Crippen LogP contribution in [-0.4, -0.2) is 19.8 Å². The average Bonchev–Trinajstić information content (AvgIpc) is 3.03. The van der Waals surface area contributed by atoms with Crippen LogP contribution in [0.25, 0.3) is 16.8 Å². The molecule has 0 saturated heterocycles. The lowest BCUT2D eigenvalue weighted by molar-refractivity contribution is 0.810. The van der Waals surface area contributed by atoms with E-state index in [0.29, 0.717) is 10.8 Å². The predicted octanol–water partition coefficient (Wildman–Crippen LogP) is 5.05. The highest BCUT2D eigenvalue weighted by Gasteiger charge is 2.13. The molecule has 0 unspecified atom stereocenters. The van der Waals surface area contributed by atoms with Crippen molar-refractivity contribution in [1.82, 2.24) is 19.8 Å². The third kappa shape index (κ3) is 3.38. The van der Waals surface area contributed by atoms with Crippen LogP contribution in [0.3, 0.4) is 0 Å². The summed E-state index contributed by atoms with van der Waals surface area (Å²) in [6.07, 6.45) is 0. The number of aryl methyl sites for hydroxylation is 1. The molecule has 6 heteroatoms. The molecule has 0 fully saturated rings. The molecule has 0 saturated carbocycles. The Morgan fingerprint density at radius 3 is 2.52 bits per heavy atom. The third-order valence-corrected chi connectivity index (χ3v) is 5.16. The van der Waals surface area contributed by atoms with Crippen LogP contribution in [0, 0.1) is 6.92 Å². The van der Waals surface area contributed by atoms with Gasteiger partial charge in [-0.25, -0.2) is 0 Å². The summed E-state index contributed by atoms with van der Waals surface area (Å²) in [4.78, 5) is 0. The Hall–Kier alpha value is -2.37. The van der Waals surface area contributed by atoms with Crippen molar-refractivity contribution in [1.29, 1.82) is 0 Å². The molecule has 0 bridgehead atoms. The van der Waals surface area contributed by atoms with Gasteiger partial charge >= 0.3 is 0 Å². The standard InChI is InChI=1S/C19H15ClN4S/c1-13-7-9-15(10-8-13)16-11-17-21-22-19(24(17)23-18(16)20)25-12-14-5-3-2-4-6-14/h2-11H,12H2,1H3. The second-order valence-electron chi connectivity index (χ2n) is 5.74. The van der Waals surface area contributed by atoms with Gasteiger partial charge in [-0.05, 0) is 24.1 Å². The minimum absolute atomic E-state index is 0.442. The molecule has 0 N–H and O–H groups in total. The van der Waals surface area contributed by atoms with E-state index in [0.717, 1.165) is 22.0 Å². The van der Waals surface area contributed by atoms with Gasteiger partial charge in [-0.1, -0.05) is 83.5 Å². The summed E-state index contributed by atoms with van der Waals surface area (Å²) < 4.78 is 1.70. The number of aromatic nitrogens is 4. The number of hydrogen-bond donors (Lipinski definition) is 0. The smallest absolute Gasteiger partial charge is 0.186 e. The maximum absolute atomic E-state index is 6.43. The Morgan fingerprint density at radius 1 is 1.00 bits per heavy atom. The molecule has 25 heavy (non-hydrogen) atoms. The molecule has 0 amide bonds. The highest BCUT2D eigenvalue weighted by Crippen LogP contribution is 2.29. The van der Waals surface area contributed by atoms with Gasteiger partial charge < -0.3 is 0 Å². The lowest BCUT2D eigenvalue weighted by atomic mass is 10.1. The molecule has 0 radical (unpaired) electrons. The fourth-order valence-electron chi connectivity index (χ4n) is 2.54. The second kappa shape index (κ2) is 6.86. The van der Waals surface area contributed by atoms with Crippen molar-refractivity contribution in [2.45, 2.75) is 17.8 Å². The van der Waals surface area contributed by atoms with E-state index in [9.17, 15) is 0 Å². The Bertz CT molecular complexity index is 1010. The Morgan fingerprint density at radius 2 is 1.76 bits per heavy atom. The molecule has 4 rings (SSSR count). The van der Waals surface area contributed by atoms with Crippen molar-refractivity contribution in [3.63, 3.8) is 0 Å². The number of benzene rings is 2. The summed E-state index contributed by atoms with van der Waals surface area (Å²) in [5, 5.41) is 14.2. The van der Waals surface area contributed by atoms with Crippen LogP contribution in [0.15, 0.2) is 65.8 Å². The Kier molecular flexibility index (Phi) is 4.42. The van der Waals surface area contributed by atoms with Crippen molar-refractivity contribution in [3.8, 4) is 11.1 Å². The molecule has 2 aromatic heterocycles. The predicted molar refractivity (Wildman–Crippen MR) is 102 cm³/mol. The summed E-state index contributed by atoms with van der Waals surface area (Å²) in [7, 11) is 0. The summed E-state index contributed by atoms with van der Waals surface area (Å²) in [5.74, 6) is 0.806. The van der Waals surface area contributed by atoms with Crippen molar-refractivity contribution < 1.29 is 0 Å². The highest BCUT2D eigenvalue weighted by atomic mass is 35.5. The first kappa shape index (κ1) is 16.1. The number of fused-ring (bicyclic) bond motifs is 1. The van der Waals surface area contributed by atoms with Crippen molar-refractivity contribution in [2.24, 2.45) is 0 Å². The molecular weight excluding hydrogens is 352 g/mol. The molecule has 0 aliphatic heterocycles. The number of thioether (sulfide) groups is 1. The van der Waals surface area contributed by atoms with Crippen LogP contribution in [0.1, 0.15) is 11.1 Å². The SMILES string of the molecule is Cc1ccc(-c2cc3nnc(SCc4ccccc4)n3nc2Cl)cc1. The van der Waals surface area contributed by atoms with Gasteiger partial charge in [-0.2, -0.15) is 9.61 Å². The summed E-state index contributed by atoms with van der Waals surface area (Å²) in [6.45, 7) is 2.06. The van der Waals surface area contributed by atoms with E-state index in [2.05, 4.69) is 46.5 Å². The van der Waals surface area contributed by atoms with E-state index >= 15 is 0 Å². The minimum Gasteiger partial charge on any atom is -0.186 e. The summed E-state index contributed by atoms with van der Waals surface area (Å²) in [5.41, 5.74) is 5.01.